The van der Waals surface area contributed by atoms with Crippen LogP contribution in [0.1, 0.15) is 40.5 Å². The molecular formula is C14H28N2O. The molecule has 0 aromatic heterocycles. The van der Waals surface area contributed by atoms with Crippen LogP contribution in [0, 0.1) is 17.8 Å². The number of nitrogens with zero attached hydrogens (tertiary/aromatic N) is 1. The predicted octanol–water partition coefficient (Wildman–Crippen LogP) is 2.13. The maximum Gasteiger partial charge on any atom is 0.226 e. The lowest BCUT2D eigenvalue weighted by atomic mass is 9.86. The van der Waals surface area contributed by atoms with E-state index in [1.54, 1.807) is 0 Å². The molecule has 0 radical (unpaired) electrons. The number of likely N-dealkylation sites (tertiary alicyclic amines) is 1. The highest BCUT2D eigenvalue weighted by Crippen LogP contribution is 2.25. The molecule has 100 valence electrons. The van der Waals surface area contributed by atoms with E-state index in [1.807, 2.05) is 6.92 Å². The molecule has 1 heterocycles. The van der Waals surface area contributed by atoms with Gasteiger partial charge in [-0.15, -0.1) is 0 Å². The van der Waals surface area contributed by atoms with Crippen LogP contribution in [0.2, 0.25) is 0 Å². The molecule has 0 aromatic carbocycles. The summed E-state index contributed by atoms with van der Waals surface area (Å²) < 4.78 is 0. The lowest BCUT2D eigenvalue weighted by molar-refractivity contribution is -0.136. The normalized spacial score (nSPS) is 19.7. The molecule has 1 unspecified atom stereocenters. The van der Waals surface area contributed by atoms with Gasteiger partial charge in [-0.05, 0) is 31.2 Å². The number of rotatable bonds is 5. The molecule has 1 fully saturated rings. The zero-order valence-corrected chi connectivity index (χ0v) is 11.8. The number of nitrogens with one attached hydrogen (secondary N) is 1. The van der Waals surface area contributed by atoms with Gasteiger partial charge in [0.1, 0.15) is 0 Å². The zero-order chi connectivity index (χ0) is 12.8. The van der Waals surface area contributed by atoms with Gasteiger partial charge in [0.2, 0.25) is 5.91 Å². The van der Waals surface area contributed by atoms with Crippen molar-refractivity contribution in [3.05, 3.63) is 0 Å². The fourth-order valence-electron chi connectivity index (χ4n) is 2.55. The standard InChI is InChI=1S/C14H28N2O/c1-5-15-10-12(4)14(17)16-8-6-13(7-9-16)11(2)3/h11-13,15H,5-10H2,1-4H3. The number of amides is 1. The molecule has 1 aliphatic rings. The highest BCUT2D eigenvalue weighted by molar-refractivity contribution is 5.78. The van der Waals surface area contributed by atoms with Gasteiger partial charge in [-0.25, -0.2) is 0 Å². The van der Waals surface area contributed by atoms with E-state index in [9.17, 15) is 4.79 Å². The molecule has 1 N–H and O–H groups in total. The number of carbonyl (C=O) groups excluding carboxylic acids is 1. The van der Waals surface area contributed by atoms with E-state index in [-0.39, 0.29) is 5.92 Å². The molecule has 1 aliphatic heterocycles. The fraction of sp³-hybridized carbons (Fsp3) is 0.929. The molecule has 0 saturated carbocycles. The van der Waals surface area contributed by atoms with E-state index in [0.29, 0.717) is 5.91 Å². The Bertz CT molecular complexity index is 232. The summed E-state index contributed by atoms with van der Waals surface area (Å²) in [5, 5.41) is 3.25. The minimum Gasteiger partial charge on any atom is -0.342 e. The Hall–Kier alpha value is -0.570. The van der Waals surface area contributed by atoms with Crippen molar-refractivity contribution in [3.8, 4) is 0 Å². The average Bonchev–Trinajstić information content (AvgIpc) is 2.35. The van der Waals surface area contributed by atoms with Crippen molar-refractivity contribution in [2.75, 3.05) is 26.2 Å². The Labute approximate surface area is 106 Å². The van der Waals surface area contributed by atoms with Crippen LogP contribution in [0.5, 0.6) is 0 Å². The first-order valence-corrected chi connectivity index (χ1v) is 7.05. The van der Waals surface area contributed by atoms with Crippen molar-refractivity contribution < 1.29 is 4.79 Å². The van der Waals surface area contributed by atoms with Crippen molar-refractivity contribution in [2.45, 2.75) is 40.5 Å². The molecule has 0 aromatic rings. The van der Waals surface area contributed by atoms with E-state index >= 15 is 0 Å². The third-order valence-corrected chi connectivity index (χ3v) is 3.92. The van der Waals surface area contributed by atoms with Gasteiger partial charge in [-0.2, -0.15) is 0 Å². The fourth-order valence-corrected chi connectivity index (χ4v) is 2.55. The van der Waals surface area contributed by atoms with E-state index < -0.39 is 0 Å². The second-order valence-electron chi connectivity index (χ2n) is 5.62. The van der Waals surface area contributed by atoms with Crippen LogP contribution in [0.15, 0.2) is 0 Å². The van der Waals surface area contributed by atoms with Crippen molar-refractivity contribution >= 4 is 5.91 Å². The number of carbonyl (C=O) groups is 1. The van der Waals surface area contributed by atoms with Gasteiger partial charge in [-0.3, -0.25) is 4.79 Å². The van der Waals surface area contributed by atoms with Gasteiger partial charge in [-0.1, -0.05) is 27.7 Å². The van der Waals surface area contributed by atoms with Gasteiger partial charge in [0, 0.05) is 25.6 Å². The highest BCUT2D eigenvalue weighted by Gasteiger charge is 2.26. The Morgan fingerprint density at radius 1 is 1.29 bits per heavy atom. The largest absolute Gasteiger partial charge is 0.342 e. The van der Waals surface area contributed by atoms with Crippen LogP contribution in [-0.4, -0.2) is 37.0 Å². The van der Waals surface area contributed by atoms with E-state index in [2.05, 4.69) is 31.0 Å². The topological polar surface area (TPSA) is 32.3 Å². The summed E-state index contributed by atoms with van der Waals surface area (Å²) in [6, 6.07) is 0. The maximum absolute atomic E-state index is 12.2. The molecule has 17 heavy (non-hydrogen) atoms. The van der Waals surface area contributed by atoms with Gasteiger partial charge in [0.15, 0.2) is 0 Å². The SMILES string of the molecule is CCNCC(C)C(=O)N1CCC(C(C)C)CC1. The maximum atomic E-state index is 12.2. The Kier molecular flexibility index (Phi) is 5.96. The minimum absolute atomic E-state index is 0.116. The highest BCUT2D eigenvalue weighted by atomic mass is 16.2. The molecule has 1 amide bonds. The summed E-state index contributed by atoms with van der Waals surface area (Å²) in [6.07, 6.45) is 2.36. The van der Waals surface area contributed by atoms with E-state index in [1.165, 1.54) is 12.8 Å². The number of hydrogen-bond acceptors (Lipinski definition) is 2. The summed E-state index contributed by atoms with van der Waals surface area (Å²) in [4.78, 5) is 14.2. The summed E-state index contributed by atoms with van der Waals surface area (Å²) in [7, 11) is 0. The van der Waals surface area contributed by atoms with Gasteiger partial charge < -0.3 is 10.2 Å². The van der Waals surface area contributed by atoms with Crippen molar-refractivity contribution in [2.24, 2.45) is 17.8 Å². The van der Waals surface area contributed by atoms with Crippen molar-refractivity contribution in [1.29, 1.82) is 0 Å². The summed E-state index contributed by atoms with van der Waals surface area (Å²) in [6.45, 7) is 12.3. The van der Waals surface area contributed by atoms with Crippen molar-refractivity contribution in [3.63, 3.8) is 0 Å². The molecule has 1 rings (SSSR count). The predicted molar refractivity (Wildman–Crippen MR) is 71.8 cm³/mol. The summed E-state index contributed by atoms with van der Waals surface area (Å²) >= 11 is 0. The zero-order valence-electron chi connectivity index (χ0n) is 11.8. The summed E-state index contributed by atoms with van der Waals surface area (Å²) in [5.41, 5.74) is 0. The van der Waals surface area contributed by atoms with E-state index in [4.69, 9.17) is 0 Å². The van der Waals surface area contributed by atoms with Crippen LogP contribution in [-0.2, 0) is 4.79 Å². The Morgan fingerprint density at radius 2 is 1.88 bits per heavy atom. The molecule has 1 atom stereocenters. The lowest BCUT2D eigenvalue weighted by Crippen LogP contribution is -2.44. The monoisotopic (exact) mass is 240 g/mol. The molecule has 0 spiro atoms. The first kappa shape index (κ1) is 14.5. The summed E-state index contributed by atoms with van der Waals surface area (Å²) in [5.74, 6) is 2.01. The second-order valence-corrected chi connectivity index (χ2v) is 5.62. The average molecular weight is 240 g/mol. The van der Waals surface area contributed by atoms with Crippen LogP contribution >= 0.6 is 0 Å². The first-order chi connectivity index (χ1) is 8.06. The third kappa shape index (κ3) is 4.30. The van der Waals surface area contributed by atoms with Gasteiger partial charge >= 0.3 is 0 Å². The minimum atomic E-state index is 0.116. The van der Waals surface area contributed by atoms with E-state index in [0.717, 1.165) is 38.0 Å². The van der Waals surface area contributed by atoms with Gasteiger partial charge in [0.25, 0.3) is 0 Å². The molecule has 1 saturated heterocycles. The van der Waals surface area contributed by atoms with Crippen molar-refractivity contribution in [1.82, 2.24) is 10.2 Å². The molecule has 3 heteroatoms. The molecule has 0 aliphatic carbocycles. The Morgan fingerprint density at radius 3 is 2.35 bits per heavy atom. The first-order valence-electron chi connectivity index (χ1n) is 7.05. The van der Waals surface area contributed by atoms with Crippen LogP contribution in [0.25, 0.3) is 0 Å². The van der Waals surface area contributed by atoms with Gasteiger partial charge in [0.05, 0.1) is 0 Å². The quantitative estimate of drug-likeness (QED) is 0.798. The smallest absolute Gasteiger partial charge is 0.226 e. The number of piperidine rings is 1. The van der Waals surface area contributed by atoms with Crippen LogP contribution < -0.4 is 5.32 Å². The molecule has 0 bridgehead atoms. The van der Waals surface area contributed by atoms with Crippen LogP contribution in [0.4, 0.5) is 0 Å². The molecular weight excluding hydrogens is 212 g/mol. The Balaban J connectivity index is 2.35. The molecule has 3 nitrogen and oxygen atoms in total. The second kappa shape index (κ2) is 7.00. The lowest BCUT2D eigenvalue weighted by Gasteiger charge is -2.35. The third-order valence-electron chi connectivity index (χ3n) is 3.92. The number of hydrogen-bond donors (Lipinski definition) is 1. The van der Waals surface area contributed by atoms with Crippen LogP contribution in [0.3, 0.4) is 0 Å².